The molecule has 1 saturated heterocycles. The van der Waals surface area contributed by atoms with E-state index in [1.54, 1.807) is 0 Å². The smallest absolute Gasteiger partial charge is 0.214 e. The molecule has 1 atom stereocenters. The maximum atomic E-state index is 5.97. The van der Waals surface area contributed by atoms with Gasteiger partial charge >= 0.3 is 0 Å². The summed E-state index contributed by atoms with van der Waals surface area (Å²) in [4.78, 5) is 6.85. The van der Waals surface area contributed by atoms with Crippen LogP contribution in [-0.2, 0) is 13.0 Å². The molecule has 2 rings (SSSR count). The zero-order chi connectivity index (χ0) is 13.0. The van der Waals surface area contributed by atoms with Crippen molar-refractivity contribution in [1.29, 1.82) is 0 Å². The third-order valence-corrected chi connectivity index (χ3v) is 3.29. The van der Waals surface area contributed by atoms with Crippen molar-refractivity contribution < 1.29 is 4.74 Å². The third kappa shape index (κ3) is 3.43. The number of aryl methyl sites for hydroxylation is 1. The Morgan fingerprint density at radius 3 is 2.94 bits per heavy atom. The molecule has 18 heavy (non-hydrogen) atoms. The van der Waals surface area contributed by atoms with Crippen LogP contribution in [0, 0.1) is 0 Å². The van der Waals surface area contributed by atoms with E-state index in [-0.39, 0.29) is 6.10 Å². The Balaban J connectivity index is 2.08. The van der Waals surface area contributed by atoms with E-state index in [0.29, 0.717) is 6.54 Å². The molecule has 1 aromatic heterocycles. The van der Waals surface area contributed by atoms with Gasteiger partial charge in [-0.15, -0.1) is 0 Å². The third-order valence-electron chi connectivity index (χ3n) is 3.29. The summed E-state index contributed by atoms with van der Waals surface area (Å²) in [7, 11) is 2.12. The van der Waals surface area contributed by atoms with Crippen LogP contribution in [0.3, 0.4) is 0 Å². The monoisotopic (exact) mass is 249 g/mol. The van der Waals surface area contributed by atoms with Crippen molar-refractivity contribution in [1.82, 2.24) is 9.88 Å². The molecule has 0 amide bonds. The minimum atomic E-state index is 0.269. The van der Waals surface area contributed by atoms with Crippen LogP contribution in [0.4, 0.5) is 0 Å². The lowest BCUT2D eigenvalue weighted by molar-refractivity contribution is 0.199. The topological polar surface area (TPSA) is 51.4 Å². The number of nitrogens with zero attached hydrogens (tertiary/aromatic N) is 2. The van der Waals surface area contributed by atoms with Crippen LogP contribution in [-0.4, -0.2) is 36.1 Å². The zero-order valence-electron chi connectivity index (χ0n) is 11.4. The molecule has 4 nitrogen and oxygen atoms in total. The fraction of sp³-hybridized carbons (Fsp3) is 0.643. The van der Waals surface area contributed by atoms with Crippen LogP contribution in [0.5, 0.6) is 5.88 Å². The van der Waals surface area contributed by atoms with Gasteiger partial charge in [-0.3, -0.25) is 0 Å². The number of likely N-dealkylation sites (N-methyl/N-ethyl adjacent to an activating group) is 1. The Morgan fingerprint density at radius 1 is 1.50 bits per heavy atom. The molecule has 1 aliphatic rings. The number of hydrogen-bond donors (Lipinski definition) is 1. The maximum absolute atomic E-state index is 5.97. The van der Waals surface area contributed by atoms with Gasteiger partial charge in [0.25, 0.3) is 0 Å². The first-order valence-electron chi connectivity index (χ1n) is 6.76. The van der Waals surface area contributed by atoms with Crippen molar-refractivity contribution in [3.8, 4) is 5.88 Å². The number of rotatable bonds is 5. The molecule has 0 aliphatic carbocycles. The summed E-state index contributed by atoms with van der Waals surface area (Å²) in [6, 6.07) is 4.05. The summed E-state index contributed by atoms with van der Waals surface area (Å²) in [6.07, 6.45) is 3.42. The summed E-state index contributed by atoms with van der Waals surface area (Å²) in [5, 5.41) is 0. The Morgan fingerprint density at radius 2 is 2.33 bits per heavy atom. The number of aromatic nitrogens is 1. The Kier molecular flexibility index (Phi) is 4.55. The summed E-state index contributed by atoms with van der Waals surface area (Å²) in [5.41, 5.74) is 7.91. The van der Waals surface area contributed by atoms with Gasteiger partial charge in [0.2, 0.25) is 5.88 Å². The van der Waals surface area contributed by atoms with Crippen molar-refractivity contribution in [3.63, 3.8) is 0 Å². The average molecular weight is 249 g/mol. The van der Waals surface area contributed by atoms with Crippen LogP contribution in [0.25, 0.3) is 0 Å². The number of nitrogens with two attached hydrogens (primary N) is 1. The Hall–Kier alpha value is -1.13. The van der Waals surface area contributed by atoms with E-state index in [4.69, 9.17) is 10.5 Å². The van der Waals surface area contributed by atoms with E-state index in [1.807, 2.05) is 6.07 Å². The van der Waals surface area contributed by atoms with Gasteiger partial charge in [0.15, 0.2) is 0 Å². The first-order chi connectivity index (χ1) is 8.71. The molecule has 2 heterocycles. The van der Waals surface area contributed by atoms with Gasteiger partial charge in [0, 0.05) is 31.4 Å². The summed E-state index contributed by atoms with van der Waals surface area (Å²) in [5.74, 6) is 0.738. The van der Waals surface area contributed by atoms with E-state index >= 15 is 0 Å². The van der Waals surface area contributed by atoms with Gasteiger partial charge in [0.05, 0.1) is 0 Å². The molecular formula is C14H23N3O. The Bertz CT molecular complexity index is 395. The normalized spacial score (nSPS) is 20.3. The van der Waals surface area contributed by atoms with E-state index in [1.165, 1.54) is 0 Å². The van der Waals surface area contributed by atoms with E-state index in [9.17, 15) is 0 Å². The highest BCUT2D eigenvalue weighted by atomic mass is 16.5. The summed E-state index contributed by atoms with van der Waals surface area (Å²) >= 11 is 0. The molecule has 0 radical (unpaired) electrons. The summed E-state index contributed by atoms with van der Waals surface area (Å²) < 4.78 is 5.97. The maximum Gasteiger partial charge on any atom is 0.214 e. The number of likely N-dealkylation sites (tertiary alicyclic amines) is 1. The Labute approximate surface area is 109 Å². The molecule has 2 N–H and O–H groups in total. The minimum absolute atomic E-state index is 0.269. The fourth-order valence-electron chi connectivity index (χ4n) is 2.34. The molecule has 1 unspecified atom stereocenters. The SMILES string of the molecule is CCCc1cc(CN)cc(OC2CCN(C)C2)n1. The quantitative estimate of drug-likeness (QED) is 0.860. The number of ether oxygens (including phenoxy) is 1. The van der Waals surface area contributed by atoms with Gasteiger partial charge in [-0.2, -0.15) is 0 Å². The van der Waals surface area contributed by atoms with Crippen LogP contribution >= 0.6 is 0 Å². The molecule has 100 valence electrons. The number of hydrogen-bond acceptors (Lipinski definition) is 4. The lowest BCUT2D eigenvalue weighted by Crippen LogP contribution is -2.22. The van der Waals surface area contributed by atoms with Gasteiger partial charge in [-0.05, 0) is 31.5 Å². The summed E-state index contributed by atoms with van der Waals surface area (Å²) in [6.45, 7) is 4.78. The predicted molar refractivity (Wildman–Crippen MR) is 72.7 cm³/mol. The van der Waals surface area contributed by atoms with E-state index in [2.05, 4.69) is 29.9 Å². The molecule has 1 aliphatic heterocycles. The molecule has 4 heteroatoms. The van der Waals surface area contributed by atoms with Crippen molar-refractivity contribution in [3.05, 3.63) is 23.4 Å². The van der Waals surface area contributed by atoms with E-state index < -0.39 is 0 Å². The van der Waals surface area contributed by atoms with Gasteiger partial charge in [-0.25, -0.2) is 4.98 Å². The highest BCUT2D eigenvalue weighted by molar-refractivity contribution is 5.25. The lowest BCUT2D eigenvalue weighted by Gasteiger charge is -2.14. The first kappa shape index (κ1) is 13.3. The molecule has 1 fully saturated rings. The minimum Gasteiger partial charge on any atom is -0.473 e. The van der Waals surface area contributed by atoms with Crippen LogP contribution in [0.15, 0.2) is 12.1 Å². The number of pyridine rings is 1. The highest BCUT2D eigenvalue weighted by Crippen LogP contribution is 2.18. The average Bonchev–Trinajstić information content (AvgIpc) is 2.75. The van der Waals surface area contributed by atoms with Crippen molar-refractivity contribution in [2.75, 3.05) is 20.1 Å². The molecule has 0 aromatic carbocycles. The molecule has 1 aromatic rings. The van der Waals surface area contributed by atoms with Gasteiger partial charge < -0.3 is 15.4 Å². The van der Waals surface area contributed by atoms with Crippen LogP contribution in [0.2, 0.25) is 0 Å². The fourth-order valence-corrected chi connectivity index (χ4v) is 2.34. The van der Waals surface area contributed by atoms with Crippen molar-refractivity contribution >= 4 is 0 Å². The van der Waals surface area contributed by atoms with Crippen molar-refractivity contribution in [2.24, 2.45) is 5.73 Å². The lowest BCUT2D eigenvalue weighted by atomic mass is 10.1. The largest absolute Gasteiger partial charge is 0.473 e. The second-order valence-electron chi connectivity index (χ2n) is 5.05. The van der Waals surface area contributed by atoms with Crippen molar-refractivity contribution in [2.45, 2.75) is 38.8 Å². The van der Waals surface area contributed by atoms with Gasteiger partial charge in [-0.1, -0.05) is 13.3 Å². The van der Waals surface area contributed by atoms with Crippen LogP contribution in [0.1, 0.15) is 31.0 Å². The highest BCUT2D eigenvalue weighted by Gasteiger charge is 2.21. The molecule has 0 saturated carbocycles. The molecule has 0 spiro atoms. The zero-order valence-corrected chi connectivity index (χ0v) is 11.4. The van der Waals surface area contributed by atoms with E-state index in [0.717, 1.165) is 49.5 Å². The second kappa shape index (κ2) is 6.16. The molecule has 0 bridgehead atoms. The second-order valence-corrected chi connectivity index (χ2v) is 5.05. The molecular weight excluding hydrogens is 226 g/mol. The van der Waals surface area contributed by atoms with Crippen LogP contribution < -0.4 is 10.5 Å². The first-order valence-corrected chi connectivity index (χ1v) is 6.76. The predicted octanol–water partition coefficient (Wildman–Crippen LogP) is 1.58. The van der Waals surface area contributed by atoms with Gasteiger partial charge in [0.1, 0.15) is 6.10 Å². The standard InChI is InChI=1S/C14H23N3O/c1-3-4-12-7-11(9-15)8-14(16-12)18-13-5-6-17(2)10-13/h7-8,13H,3-6,9-10,15H2,1-2H3.